The van der Waals surface area contributed by atoms with Gasteiger partial charge in [0, 0.05) is 38.3 Å². The van der Waals surface area contributed by atoms with Crippen molar-refractivity contribution in [1.82, 2.24) is 14.5 Å². The highest BCUT2D eigenvalue weighted by Gasteiger charge is 2.41. The van der Waals surface area contributed by atoms with E-state index in [1.165, 1.54) is 55.2 Å². The van der Waals surface area contributed by atoms with Gasteiger partial charge in [-0.3, -0.25) is 0 Å². The van der Waals surface area contributed by atoms with Gasteiger partial charge in [0.25, 0.3) is 0 Å². The van der Waals surface area contributed by atoms with E-state index in [2.05, 4.69) is 166 Å². The van der Waals surface area contributed by atoms with E-state index >= 15 is 0 Å². The highest BCUT2D eigenvalue weighted by Crippen LogP contribution is 2.55. The zero-order chi connectivity index (χ0) is 33.1. The fraction of sp³-hybridized carbons (Fsp3) is 0.130. The van der Waals surface area contributed by atoms with E-state index in [4.69, 9.17) is 9.97 Å². The van der Waals surface area contributed by atoms with Gasteiger partial charge in [0.15, 0.2) is 5.82 Å². The quantitative estimate of drug-likeness (QED) is 0.195. The summed E-state index contributed by atoms with van der Waals surface area (Å²) in [4.78, 5) is 10.8. The van der Waals surface area contributed by atoms with E-state index in [0.717, 1.165) is 39.6 Å². The Morgan fingerprint density at radius 1 is 0.469 bits per heavy atom. The van der Waals surface area contributed by atoms with Gasteiger partial charge >= 0.3 is 0 Å². The average molecular weight is 630 g/mol. The van der Waals surface area contributed by atoms with Gasteiger partial charge in [0.1, 0.15) is 0 Å². The number of fused-ring (bicyclic) bond motifs is 10. The summed E-state index contributed by atoms with van der Waals surface area (Å²) in [7, 11) is 0. The highest BCUT2D eigenvalue weighted by molar-refractivity contribution is 6.18. The van der Waals surface area contributed by atoms with Crippen LogP contribution in [0.15, 0.2) is 140 Å². The molecule has 8 aromatic rings. The fourth-order valence-electron chi connectivity index (χ4n) is 8.83. The molecule has 0 aliphatic heterocycles. The van der Waals surface area contributed by atoms with Gasteiger partial charge in [-0.25, -0.2) is 9.97 Å². The van der Waals surface area contributed by atoms with Crippen molar-refractivity contribution in [1.29, 1.82) is 0 Å². The number of rotatable bonds is 3. The van der Waals surface area contributed by atoms with Crippen LogP contribution in [0.4, 0.5) is 0 Å². The van der Waals surface area contributed by atoms with Crippen LogP contribution < -0.4 is 0 Å². The lowest BCUT2D eigenvalue weighted by Gasteiger charge is -2.22. The maximum atomic E-state index is 5.46. The van der Waals surface area contributed by atoms with Crippen molar-refractivity contribution < 1.29 is 0 Å². The minimum atomic E-state index is -0.268. The second kappa shape index (κ2) is 9.87. The first-order valence-corrected chi connectivity index (χ1v) is 17.2. The topological polar surface area (TPSA) is 30.7 Å². The highest BCUT2D eigenvalue weighted by atomic mass is 15.0. The van der Waals surface area contributed by atoms with Crippen LogP contribution in [0.5, 0.6) is 0 Å². The van der Waals surface area contributed by atoms with E-state index < -0.39 is 0 Å². The van der Waals surface area contributed by atoms with Crippen LogP contribution in [-0.2, 0) is 10.8 Å². The lowest BCUT2D eigenvalue weighted by molar-refractivity contribution is 0.636. The molecule has 6 aromatic carbocycles. The normalized spacial score (nSPS) is 14.9. The molecule has 0 fully saturated rings. The molecule has 2 aromatic heterocycles. The average Bonchev–Trinajstić information content (AvgIpc) is 3.69. The molecule has 0 atom stereocenters. The molecule has 3 nitrogen and oxygen atoms in total. The molecular weight excluding hydrogens is 595 g/mol. The SMILES string of the molecule is CC1(C)c2ccccc2-c2c1ccc1c2c2ccccc2n1-c1ccccc1-c1nc(-c2ccccc2)nc2c1-c1ccccc1C2(C)C. The molecule has 2 heterocycles. The molecule has 2 aliphatic rings. The van der Waals surface area contributed by atoms with Crippen molar-refractivity contribution in [3.8, 4) is 50.6 Å². The smallest absolute Gasteiger partial charge is 0.160 e. The minimum Gasteiger partial charge on any atom is -0.309 e. The van der Waals surface area contributed by atoms with Crippen LogP contribution in [0.1, 0.15) is 50.1 Å². The number of para-hydroxylation sites is 2. The zero-order valence-corrected chi connectivity index (χ0v) is 28.1. The van der Waals surface area contributed by atoms with Crippen LogP contribution in [0.2, 0.25) is 0 Å². The summed E-state index contributed by atoms with van der Waals surface area (Å²) in [6.07, 6.45) is 0. The van der Waals surface area contributed by atoms with Gasteiger partial charge in [-0.05, 0) is 51.6 Å². The lowest BCUT2D eigenvalue weighted by Crippen LogP contribution is -2.17. The number of benzene rings is 6. The first kappa shape index (κ1) is 28.2. The molecule has 0 amide bonds. The van der Waals surface area contributed by atoms with Crippen molar-refractivity contribution >= 4 is 21.8 Å². The summed E-state index contributed by atoms with van der Waals surface area (Å²) in [5.74, 6) is 0.754. The lowest BCUT2D eigenvalue weighted by atomic mass is 9.82. The summed E-state index contributed by atoms with van der Waals surface area (Å²) >= 11 is 0. The van der Waals surface area contributed by atoms with Crippen LogP contribution in [0.3, 0.4) is 0 Å². The largest absolute Gasteiger partial charge is 0.309 e. The number of hydrogen-bond donors (Lipinski definition) is 0. The van der Waals surface area contributed by atoms with Crippen molar-refractivity contribution in [3.63, 3.8) is 0 Å². The molecular formula is C46H35N3. The molecule has 0 N–H and O–H groups in total. The number of nitrogens with zero attached hydrogens (tertiary/aromatic N) is 3. The Morgan fingerprint density at radius 3 is 1.86 bits per heavy atom. The molecule has 3 heteroatoms. The molecule has 0 radical (unpaired) electrons. The summed E-state index contributed by atoms with van der Waals surface area (Å²) in [5, 5.41) is 2.58. The van der Waals surface area contributed by atoms with E-state index in [1.54, 1.807) is 0 Å². The van der Waals surface area contributed by atoms with Gasteiger partial charge in [-0.2, -0.15) is 0 Å². The van der Waals surface area contributed by atoms with E-state index in [0.29, 0.717) is 0 Å². The molecule has 49 heavy (non-hydrogen) atoms. The number of aromatic nitrogens is 3. The maximum absolute atomic E-state index is 5.46. The summed E-state index contributed by atoms with van der Waals surface area (Å²) in [5.41, 5.74) is 16.4. The first-order valence-electron chi connectivity index (χ1n) is 17.2. The van der Waals surface area contributed by atoms with Gasteiger partial charge < -0.3 is 4.57 Å². The Kier molecular flexibility index (Phi) is 5.69. The monoisotopic (exact) mass is 629 g/mol. The van der Waals surface area contributed by atoms with Crippen LogP contribution in [-0.4, -0.2) is 14.5 Å². The maximum Gasteiger partial charge on any atom is 0.160 e. The number of hydrogen-bond acceptors (Lipinski definition) is 2. The summed E-state index contributed by atoms with van der Waals surface area (Å²) in [6.45, 7) is 9.30. The van der Waals surface area contributed by atoms with Crippen LogP contribution in [0, 0.1) is 0 Å². The van der Waals surface area contributed by atoms with Gasteiger partial charge in [-0.15, -0.1) is 0 Å². The third kappa shape index (κ3) is 3.73. The van der Waals surface area contributed by atoms with Crippen molar-refractivity contribution in [3.05, 3.63) is 162 Å². The van der Waals surface area contributed by atoms with Crippen molar-refractivity contribution in [2.75, 3.05) is 0 Å². The second-order valence-electron chi connectivity index (χ2n) is 14.6. The zero-order valence-electron chi connectivity index (χ0n) is 28.1. The van der Waals surface area contributed by atoms with Gasteiger partial charge in [0.2, 0.25) is 0 Å². The van der Waals surface area contributed by atoms with Crippen molar-refractivity contribution in [2.45, 2.75) is 38.5 Å². The van der Waals surface area contributed by atoms with E-state index in [1.807, 2.05) is 6.07 Å². The van der Waals surface area contributed by atoms with Gasteiger partial charge in [0.05, 0.1) is 28.1 Å². The standard InChI is InChI=1S/C46H35N3/c1-45(2)33-22-12-8-18-29(33)39-35(45)26-27-38-40(39)31-20-10-14-24-36(31)49(38)37-25-15-11-21-32(37)42-41-30-19-9-13-23-34(30)46(3,4)43(41)48-44(47-42)28-16-6-5-7-17-28/h5-27H,1-4H3. The third-order valence-electron chi connectivity index (χ3n) is 11.2. The minimum absolute atomic E-state index is 0.0726. The molecule has 0 saturated carbocycles. The van der Waals surface area contributed by atoms with E-state index in [-0.39, 0.29) is 10.8 Å². The predicted molar refractivity (Wildman–Crippen MR) is 202 cm³/mol. The first-order chi connectivity index (χ1) is 23.9. The fourth-order valence-corrected chi connectivity index (χ4v) is 8.83. The summed E-state index contributed by atoms with van der Waals surface area (Å²) < 4.78 is 2.47. The Bertz CT molecular complexity index is 2660. The second-order valence-corrected chi connectivity index (χ2v) is 14.6. The molecule has 0 spiro atoms. The van der Waals surface area contributed by atoms with Crippen LogP contribution >= 0.6 is 0 Å². The molecule has 0 saturated heterocycles. The Morgan fingerprint density at radius 2 is 1.08 bits per heavy atom. The third-order valence-corrected chi connectivity index (χ3v) is 11.2. The predicted octanol–water partition coefficient (Wildman–Crippen LogP) is 11.5. The Balaban J connectivity index is 1.32. The molecule has 0 bridgehead atoms. The van der Waals surface area contributed by atoms with Crippen molar-refractivity contribution in [2.24, 2.45) is 0 Å². The van der Waals surface area contributed by atoms with E-state index in [9.17, 15) is 0 Å². The summed E-state index contributed by atoms with van der Waals surface area (Å²) in [6, 6.07) is 50.5. The Hall–Kier alpha value is -5.80. The van der Waals surface area contributed by atoms with Gasteiger partial charge in [-0.1, -0.05) is 149 Å². The molecule has 0 unspecified atom stereocenters. The Labute approximate surface area is 286 Å². The molecule has 2 aliphatic carbocycles. The molecule has 234 valence electrons. The van der Waals surface area contributed by atoms with Crippen LogP contribution in [0.25, 0.3) is 72.4 Å². The molecule has 10 rings (SSSR count).